The number of aryl methyl sites for hydroxylation is 1. The van der Waals surface area contributed by atoms with Crippen molar-refractivity contribution in [3.8, 4) is 0 Å². The van der Waals surface area contributed by atoms with Gasteiger partial charge in [0.25, 0.3) is 5.91 Å². The van der Waals surface area contributed by atoms with E-state index >= 15 is 0 Å². The lowest BCUT2D eigenvalue weighted by Crippen LogP contribution is -2.25. The van der Waals surface area contributed by atoms with Gasteiger partial charge in [-0.2, -0.15) is 13.2 Å². The Labute approximate surface area is 203 Å². The van der Waals surface area contributed by atoms with Gasteiger partial charge in [0, 0.05) is 12.1 Å². The van der Waals surface area contributed by atoms with Crippen LogP contribution in [0.3, 0.4) is 0 Å². The standard InChI is InChI=1S/C22H21ClF3N5O2S/c1-3-31-18(11-27-20(33)14-6-4-5-13(2)9-14)29-30-21(31)34-12-19(32)28-17-10-15(22(24,25)26)7-8-16(17)23/h4-10H,3,11-12H2,1-2H3,(H,27,33)(H,28,32). The zero-order valence-corrected chi connectivity index (χ0v) is 19.8. The number of carbonyl (C=O) groups excluding carboxylic acids is 2. The average Bonchev–Trinajstić information content (AvgIpc) is 3.18. The summed E-state index contributed by atoms with van der Waals surface area (Å²) in [4.78, 5) is 24.7. The molecule has 7 nitrogen and oxygen atoms in total. The van der Waals surface area contributed by atoms with Gasteiger partial charge in [-0.15, -0.1) is 10.2 Å². The molecular formula is C22H21ClF3N5O2S. The molecule has 3 aromatic rings. The Bertz CT molecular complexity index is 1200. The minimum absolute atomic E-state index is 0.00490. The van der Waals surface area contributed by atoms with Crippen LogP contribution in [-0.4, -0.2) is 32.3 Å². The van der Waals surface area contributed by atoms with Crippen LogP contribution in [0, 0.1) is 6.92 Å². The van der Waals surface area contributed by atoms with Crippen molar-refractivity contribution in [2.24, 2.45) is 0 Å². The van der Waals surface area contributed by atoms with Crippen molar-refractivity contribution in [1.29, 1.82) is 0 Å². The summed E-state index contributed by atoms with van der Waals surface area (Å²) in [6, 6.07) is 9.89. The number of nitrogens with zero attached hydrogens (tertiary/aromatic N) is 3. The van der Waals surface area contributed by atoms with E-state index in [-0.39, 0.29) is 28.9 Å². The number of amides is 2. The number of aromatic nitrogens is 3. The van der Waals surface area contributed by atoms with Crippen LogP contribution < -0.4 is 10.6 Å². The van der Waals surface area contributed by atoms with E-state index in [4.69, 9.17) is 11.6 Å². The summed E-state index contributed by atoms with van der Waals surface area (Å²) in [6.07, 6.45) is -4.55. The summed E-state index contributed by atoms with van der Waals surface area (Å²) in [6.45, 7) is 4.39. The van der Waals surface area contributed by atoms with E-state index in [1.807, 2.05) is 19.9 Å². The number of halogens is 4. The van der Waals surface area contributed by atoms with E-state index < -0.39 is 17.6 Å². The number of carbonyl (C=O) groups is 2. The second-order valence-corrected chi connectivity index (χ2v) is 8.57. The first kappa shape index (κ1) is 25.6. The quantitative estimate of drug-likeness (QED) is 0.418. The number of hydrogen-bond acceptors (Lipinski definition) is 5. The van der Waals surface area contributed by atoms with Crippen molar-refractivity contribution >= 4 is 40.9 Å². The summed E-state index contributed by atoms with van der Waals surface area (Å²) in [5.74, 6) is -0.417. The lowest BCUT2D eigenvalue weighted by atomic mass is 10.1. The number of thioether (sulfide) groups is 1. The number of hydrogen-bond donors (Lipinski definition) is 2. The zero-order valence-electron chi connectivity index (χ0n) is 18.2. The van der Waals surface area contributed by atoms with Crippen LogP contribution >= 0.6 is 23.4 Å². The fourth-order valence-corrected chi connectivity index (χ4v) is 4.02. The second kappa shape index (κ2) is 10.9. The van der Waals surface area contributed by atoms with Gasteiger partial charge >= 0.3 is 6.18 Å². The molecule has 12 heteroatoms. The predicted octanol–water partition coefficient (Wildman–Crippen LogP) is 4.94. The number of rotatable bonds is 8. The molecule has 0 saturated heterocycles. The molecule has 34 heavy (non-hydrogen) atoms. The van der Waals surface area contributed by atoms with Crippen LogP contribution in [-0.2, 0) is 24.1 Å². The second-order valence-electron chi connectivity index (χ2n) is 7.22. The Morgan fingerprint density at radius 2 is 1.91 bits per heavy atom. The van der Waals surface area contributed by atoms with Crippen LogP contribution in [0.25, 0.3) is 0 Å². The van der Waals surface area contributed by atoms with Crippen LogP contribution in [0.1, 0.15) is 34.2 Å². The van der Waals surface area contributed by atoms with Gasteiger partial charge in [0.05, 0.1) is 28.6 Å². The highest BCUT2D eigenvalue weighted by Gasteiger charge is 2.31. The molecule has 0 bridgehead atoms. The highest BCUT2D eigenvalue weighted by Crippen LogP contribution is 2.34. The highest BCUT2D eigenvalue weighted by atomic mass is 35.5. The van der Waals surface area contributed by atoms with Crippen LogP contribution in [0.5, 0.6) is 0 Å². The monoisotopic (exact) mass is 511 g/mol. The third-order valence-corrected chi connectivity index (χ3v) is 5.99. The van der Waals surface area contributed by atoms with Gasteiger partial charge in [-0.1, -0.05) is 41.1 Å². The molecule has 0 aliphatic rings. The van der Waals surface area contributed by atoms with Crippen molar-refractivity contribution in [1.82, 2.24) is 20.1 Å². The van der Waals surface area contributed by atoms with E-state index in [1.54, 1.807) is 22.8 Å². The molecule has 0 saturated carbocycles. The number of anilines is 1. The van der Waals surface area contributed by atoms with Crippen molar-refractivity contribution in [2.45, 2.75) is 38.3 Å². The highest BCUT2D eigenvalue weighted by molar-refractivity contribution is 7.99. The zero-order chi connectivity index (χ0) is 24.9. The van der Waals surface area contributed by atoms with Crippen molar-refractivity contribution < 1.29 is 22.8 Å². The summed E-state index contributed by atoms with van der Waals surface area (Å²) in [7, 11) is 0. The molecule has 180 valence electrons. The first-order valence-corrected chi connectivity index (χ1v) is 11.5. The Morgan fingerprint density at radius 1 is 1.15 bits per heavy atom. The van der Waals surface area contributed by atoms with Crippen LogP contribution in [0.15, 0.2) is 47.6 Å². The average molecular weight is 512 g/mol. The van der Waals surface area contributed by atoms with Gasteiger partial charge in [-0.05, 0) is 44.2 Å². The summed E-state index contributed by atoms with van der Waals surface area (Å²) in [5, 5.41) is 13.8. The lowest BCUT2D eigenvalue weighted by molar-refractivity contribution is -0.137. The molecule has 1 heterocycles. The maximum atomic E-state index is 12.9. The van der Waals surface area contributed by atoms with Gasteiger partial charge in [0.2, 0.25) is 5.91 Å². The first-order chi connectivity index (χ1) is 16.1. The smallest absolute Gasteiger partial charge is 0.345 e. The van der Waals surface area contributed by atoms with E-state index in [0.717, 1.165) is 35.5 Å². The third kappa shape index (κ3) is 6.51. The molecule has 0 radical (unpaired) electrons. The number of nitrogens with one attached hydrogen (secondary N) is 2. The van der Waals surface area contributed by atoms with E-state index in [2.05, 4.69) is 20.8 Å². The lowest BCUT2D eigenvalue weighted by Gasteiger charge is -2.12. The van der Waals surface area contributed by atoms with Gasteiger partial charge in [0.1, 0.15) is 0 Å². The fourth-order valence-electron chi connectivity index (χ4n) is 3.04. The molecule has 1 aromatic heterocycles. The molecule has 0 spiro atoms. The van der Waals surface area contributed by atoms with Crippen molar-refractivity contribution in [3.05, 3.63) is 70.0 Å². The van der Waals surface area contributed by atoms with Gasteiger partial charge in [-0.3, -0.25) is 9.59 Å². The Balaban J connectivity index is 1.60. The number of benzene rings is 2. The maximum absolute atomic E-state index is 12.9. The third-order valence-electron chi connectivity index (χ3n) is 4.70. The van der Waals surface area contributed by atoms with E-state index in [9.17, 15) is 22.8 Å². The van der Waals surface area contributed by atoms with Crippen molar-refractivity contribution in [3.63, 3.8) is 0 Å². The number of alkyl halides is 3. The molecule has 0 atom stereocenters. The van der Waals surface area contributed by atoms with Crippen molar-refractivity contribution in [2.75, 3.05) is 11.1 Å². The Morgan fingerprint density at radius 3 is 2.59 bits per heavy atom. The molecule has 0 aliphatic carbocycles. The molecule has 3 rings (SSSR count). The summed E-state index contributed by atoms with van der Waals surface area (Å²) < 4.78 is 40.5. The molecular weight excluding hydrogens is 491 g/mol. The molecule has 2 aromatic carbocycles. The van der Waals surface area contributed by atoms with Crippen LogP contribution in [0.2, 0.25) is 5.02 Å². The fraction of sp³-hybridized carbons (Fsp3) is 0.273. The normalized spacial score (nSPS) is 11.4. The van der Waals surface area contributed by atoms with E-state index in [0.29, 0.717) is 23.1 Å². The minimum atomic E-state index is -4.55. The topological polar surface area (TPSA) is 88.9 Å². The first-order valence-electron chi connectivity index (χ1n) is 10.1. The molecule has 0 fully saturated rings. The predicted molar refractivity (Wildman–Crippen MR) is 124 cm³/mol. The van der Waals surface area contributed by atoms with Gasteiger partial charge in [0.15, 0.2) is 11.0 Å². The molecule has 2 N–H and O–H groups in total. The largest absolute Gasteiger partial charge is 0.416 e. The molecule has 0 unspecified atom stereocenters. The van der Waals surface area contributed by atoms with E-state index in [1.165, 1.54) is 0 Å². The maximum Gasteiger partial charge on any atom is 0.416 e. The van der Waals surface area contributed by atoms with Crippen LogP contribution in [0.4, 0.5) is 18.9 Å². The Kier molecular flexibility index (Phi) is 8.21. The minimum Gasteiger partial charge on any atom is -0.345 e. The van der Waals surface area contributed by atoms with Gasteiger partial charge < -0.3 is 15.2 Å². The SMILES string of the molecule is CCn1c(CNC(=O)c2cccc(C)c2)nnc1SCC(=O)Nc1cc(C(F)(F)F)ccc1Cl. The molecule has 2 amide bonds. The Hall–Kier alpha value is -3.05. The molecule has 0 aliphatic heterocycles. The summed E-state index contributed by atoms with van der Waals surface area (Å²) >= 11 is 6.99. The summed E-state index contributed by atoms with van der Waals surface area (Å²) in [5.41, 5.74) is 0.455. The van der Waals surface area contributed by atoms with Gasteiger partial charge in [-0.25, -0.2) is 0 Å².